The van der Waals surface area contributed by atoms with Crippen molar-refractivity contribution in [2.45, 2.75) is 71.4 Å². The molecule has 15 heteroatoms. The number of ether oxygens (including phenoxy) is 10. The summed E-state index contributed by atoms with van der Waals surface area (Å²) in [4.78, 5) is 59.9. The van der Waals surface area contributed by atoms with Crippen LogP contribution < -0.4 is 18.9 Å². The van der Waals surface area contributed by atoms with E-state index in [0.29, 0.717) is 11.3 Å². The van der Waals surface area contributed by atoms with Crippen molar-refractivity contribution in [2.24, 2.45) is 0 Å². The van der Waals surface area contributed by atoms with E-state index in [2.05, 4.69) is 0 Å². The van der Waals surface area contributed by atoms with Crippen molar-refractivity contribution in [1.29, 1.82) is 0 Å². The summed E-state index contributed by atoms with van der Waals surface area (Å²) in [6.07, 6.45) is -7.45. The molecule has 0 radical (unpaired) electrons. The zero-order valence-electron chi connectivity index (χ0n) is 27.0. The highest BCUT2D eigenvalue weighted by Gasteiger charge is 2.48. The average molecular weight is 663 g/mol. The summed E-state index contributed by atoms with van der Waals surface area (Å²) in [5.74, 6) is -2.50. The minimum Gasteiger partial charge on any atom is -0.493 e. The highest BCUT2D eigenvalue weighted by atomic mass is 16.7. The minimum atomic E-state index is -1.38. The molecule has 0 aromatic heterocycles. The Balaban J connectivity index is 2.04. The van der Waals surface area contributed by atoms with Gasteiger partial charge in [0.25, 0.3) is 0 Å². The molecule has 6 atom stereocenters. The van der Waals surface area contributed by atoms with E-state index in [0.717, 1.165) is 20.8 Å². The van der Waals surface area contributed by atoms with Crippen LogP contribution in [0.15, 0.2) is 42.5 Å². The summed E-state index contributed by atoms with van der Waals surface area (Å²) >= 11 is 0. The van der Waals surface area contributed by atoms with Crippen molar-refractivity contribution in [3.05, 3.63) is 48.0 Å². The monoisotopic (exact) mass is 662 g/mol. The first kappa shape index (κ1) is 36.6. The van der Waals surface area contributed by atoms with Crippen molar-refractivity contribution in [3.63, 3.8) is 0 Å². The van der Waals surface area contributed by atoms with Crippen molar-refractivity contribution in [3.8, 4) is 23.0 Å². The Morgan fingerprint density at radius 3 is 1.91 bits per heavy atom. The van der Waals surface area contributed by atoms with Gasteiger partial charge in [-0.25, -0.2) is 0 Å². The first-order valence-corrected chi connectivity index (χ1v) is 14.4. The molecule has 256 valence electrons. The van der Waals surface area contributed by atoms with Crippen LogP contribution in [0.5, 0.6) is 23.0 Å². The van der Waals surface area contributed by atoms with Crippen LogP contribution in [0, 0.1) is 0 Å². The molecular formula is C32H38O15. The molecule has 15 nitrogen and oxygen atoms in total. The van der Waals surface area contributed by atoms with Gasteiger partial charge < -0.3 is 47.4 Å². The maximum Gasteiger partial charge on any atom is 0.308 e. The first-order valence-electron chi connectivity index (χ1n) is 14.4. The van der Waals surface area contributed by atoms with Gasteiger partial charge in [0.15, 0.2) is 59.8 Å². The number of rotatable bonds is 14. The van der Waals surface area contributed by atoms with Gasteiger partial charge in [0.05, 0.1) is 27.4 Å². The van der Waals surface area contributed by atoms with Crippen LogP contribution in [0.25, 0.3) is 0 Å². The third-order valence-electron chi connectivity index (χ3n) is 6.48. The summed E-state index contributed by atoms with van der Waals surface area (Å²) in [7, 11) is 2.82. The summed E-state index contributed by atoms with van der Waals surface area (Å²) < 4.78 is 56.1. The normalized spacial score (nSPS) is 20.1. The Hall–Kier alpha value is -4.89. The summed E-state index contributed by atoms with van der Waals surface area (Å²) in [5.41, 5.74) is 0.366. The molecular weight excluding hydrogens is 624 g/mol. The zero-order valence-corrected chi connectivity index (χ0v) is 27.0. The van der Waals surface area contributed by atoms with Gasteiger partial charge in [0.2, 0.25) is 0 Å². The van der Waals surface area contributed by atoms with E-state index >= 15 is 0 Å². The molecule has 0 saturated carbocycles. The van der Waals surface area contributed by atoms with E-state index in [4.69, 9.17) is 47.4 Å². The highest BCUT2D eigenvalue weighted by Crippen LogP contribution is 2.36. The van der Waals surface area contributed by atoms with Crippen molar-refractivity contribution in [1.82, 2.24) is 0 Å². The van der Waals surface area contributed by atoms with Crippen LogP contribution >= 0.6 is 0 Å². The van der Waals surface area contributed by atoms with Crippen molar-refractivity contribution < 1.29 is 71.3 Å². The number of para-hydroxylation sites is 2. The molecule has 2 aromatic carbocycles. The van der Waals surface area contributed by atoms with Crippen LogP contribution in [-0.4, -0.2) is 88.0 Å². The summed E-state index contributed by atoms with van der Waals surface area (Å²) in [6.45, 7) is 5.23. The number of carbonyl (C=O) groups is 5. The lowest BCUT2D eigenvalue weighted by Gasteiger charge is -2.40. The fourth-order valence-corrected chi connectivity index (χ4v) is 4.74. The topological polar surface area (TPSA) is 178 Å². The molecule has 0 unspecified atom stereocenters. The summed E-state index contributed by atoms with van der Waals surface area (Å²) in [5, 5.41) is 0. The van der Waals surface area contributed by atoms with Gasteiger partial charge in [-0.05, 0) is 24.3 Å². The number of esters is 5. The fraction of sp³-hybridized carbons (Fsp3) is 0.469. The predicted molar refractivity (Wildman–Crippen MR) is 159 cm³/mol. The van der Waals surface area contributed by atoms with Crippen LogP contribution in [0.2, 0.25) is 0 Å². The molecule has 1 aliphatic heterocycles. The predicted octanol–water partition coefficient (Wildman–Crippen LogP) is 2.85. The maximum atomic E-state index is 12.4. The van der Waals surface area contributed by atoms with Crippen molar-refractivity contribution in [2.75, 3.05) is 27.4 Å². The van der Waals surface area contributed by atoms with Gasteiger partial charge in [-0.3, -0.25) is 24.0 Å². The second kappa shape index (κ2) is 17.1. The van der Waals surface area contributed by atoms with E-state index in [-0.39, 0.29) is 30.5 Å². The molecule has 1 aliphatic rings. The van der Waals surface area contributed by atoms with Crippen LogP contribution in [0.3, 0.4) is 0 Å². The number of hydrogen-bond acceptors (Lipinski definition) is 15. The second-order valence-electron chi connectivity index (χ2n) is 10.2. The fourth-order valence-electron chi connectivity index (χ4n) is 4.74. The third-order valence-corrected chi connectivity index (χ3v) is 6.48. The molecule has 0 N–H and O–H groups in total. The molecule has 0 aliphatic carbocycles. The van der Waals surface area contributed by atoms with E-state index in [1.807, 2.05) is 0 Å². The van der Waals surface area contributed by atoms with E-state index in [1.54, 1.807) is 30.3 Å². The smallest absolute Gasteiger partial charge is 0.308 e. The number of methoxy groups -OCH3 is 2. The molecule has 0 spiro atoms. The number of carbonyl (C=O) groups excluding carboxylic acids is 5. The Morgan fingerprint density at radius 2 is 1.34 bits per heavy atom. The molecule has 0 amide bonds. The average Bonchev–Trinajstić information content (AvgIpc) is 2.99. The van der Waals surface area contributed by atoms with Crippen LogP contribution in [0.4, 0.5) is 0 Å². The van der Waals surface area contributed by atoms with Crippen LogP contribution in [0.1, 0.15) is 46.3 Å². The van der Waals surface area contributed by atoms with Gasteiger partial charge in [-0.2, -0.15) is 0 Å². The van der Waals surface area contributed by atoms with E-state index in [1.165, 1.54) is 40.2 Å². The highest BCUT2D eigenvalue weighted by molar-refractivity contribution is 5.71. The largest absolute Gasteiger partial charge is 0.493 e. The standard InChI is InChI=1S/C32H38O15/c1-17(33)42-25-13-12-22(14-26(25)39-7)29(44-19(3)35)27(47-24-11-9-8-10-23(24)38-6)15-40-32-31(46-21(5)37)30(45-20(4)36)28(16-41-32)43-18(2)34/h8-14,27-32H,15-16H2,1-7H3/t27-,28-,29+,30+,31-,32-/m1/s1. The Morgan fingerprint density at radius 1 is 0.723 bits per heavy atom. The molecule has 1 heterocycles. The van der Waals surface area contributed by atoms with Gasteiger partial charge in [-0.1, -0.05) is 18.2 Å². The quantitative estimate of drug-likeness (QED) is 0.164. The zero-order chi connectivity index (χ0) is 34.7. The second-order valence-corrected chi connectivity index (χ2v) is 10.2. The molecule has 3 rings (SSSR count). The lowest BCUT2D eigenvalue weighted by Crippen LogP contribution is -2.58. The Kier molecular flexibility index (Phi) is 13.3. The first-order chi connectivity index (χ1) is 22.3. The lowest BCUT2D eigenvalue weighted by molar-refractivity contribution is -0.285. The van der Waals surface area contributed by atoms with Crippen molar-refractivity contribution >= 4 is 29.8 Å². The Bertz CT molecular complexity index is 1420. The minimum absolute atomic E-state index is 0.127. The molecule has 47 heavy (non-hydrogen) atoms. The lowest BCUT2D eigenvalue weighted by atomic mass is 10.0. The summed E-state index contributed by atoms with van der Waals surface area (Å²) in [6, 6.07) is 11.2. The molecule has 2 aromatic rings. The van der Waals surface area contributed by atoms with E-state index < -0.39 is 66.7 Å². The van der Waals surface area contributed by atoms with Gasteiger partial charge in [0, 0.05) is 40.2 Å². The van der Waals surface area contributed by atoms with Gasteiger partial charge in [0.1, 0.15) is 0 Å². The van der Waals surface area contributed by atoms with Gasteiger partial charge in [-0.15, -0.1) is 0 Å². The number of hydrogen-bond donors (Lipinski definition) is 0. The molecule has 0 bridgehead atoms. The molecule has 1 saturated heterocycles. The maximum absolute atomic E-state index is 12.4. The number of benzene rings is 2. The van der Waals surface area contributed by atoms with Crippen LogP contribution in [-0.2, 0) is 52.4 Å². The van der Waals surface area contributed by atoms with Gasteiger partial charge >= 0.3 is 29.8 Å². The SMILES string of the molecule is COc1cc([C@H](OC(C)=O)[C@@H](CO[C@@H]2OC[C@@H](OC(C)=O)[C@H](OC(C)=O)[C@H]2OC(C)=O)Oc2ccccc2OC)ccc1OC(C)=O. The molecule has 1 fully saturated rings. The third kappa shape index (κ3) is 10.6. The Labute approximate surface area is 271 Å². The van der Waals surface area contributed by atoms with E-state index in [9.17, 15) is 24.0 Å².